The summed E-state index contributed by atoms with van der Waals surface area (Å²) >= 11 is 6.67. The number of likely N-dealkylation sites (N-methyl/N-ethyl adjacent to an activating group) is 1. The van der Waals surface area contributed by atoms with Gasteiger partial charge in [-0.05, 0) is 52.5 Å². The fraction of sp³-hybridized carbons (Fsp3) is 0.667. The lowest BCUT2D eigenvalue weighted by atomic mass is 9.92. The molecule has 0 N–H and O–H groups in total. The number of methoxy groups -OCH3 is 1. The van der Waals surface area contributed by atoms with Crippen LogP contribution in [0.5, 0.6) is 5.75 Å². The Kier molecular flexibility index (Phi) is 9.28. The third-order valence-corrected chi connectivity index (χ3v) is 7.40. The molecule has 3 rings (SSSR count). The molecule has 1 atom stereocenters. The summed E-state index contributed by atoms with van der Waals surface area (Å²) in [6.45, 7) is 6.45. The number of amides is 3. The zero-order chi connectivity index (χ0) is 26.6. The number of halogens is 1. The average Bonchev–Trinajstić information content (AvgIpc) is 2.83. The van der Waals surface area contributed by atoms with Crippen LogP contribution >= 0.6 is 11.6 Å². The maximum Gasteiger partial charge on any atom is 0.280 e. The van der Waals surface area contributed by atoms with Crippen molar-refractivity contribution < 1.29 is 23.9 Å². The number of carbonyl (C=O) groups is 3. The van der Waals surface area contributed by atoms with Gasteiger partial charge in [0, 0.05) is 52.5 Å². The SMILES string of the molecule is COCCCCN1C(=O)C(C)(C(=O)N(C)C)Oc2cc(Cl)c(C(=O)N(C(C)C)C3CCCCC3)cc21. The van der Waals surface area contributed by atoms with Crippen LogP contribution in [0.2, 0.25) is 5.02 Å². The lowest BCUT2D eigenvalue weighted by Crippen LogP contribution is -2.62. The van der Waals surface area contributed by atoms with E-state index in [2.05, 4.69) is 0 Å². The second-order valence-corrected chi connectivity index (χ2v) is 10.8. The van der Waals surface area contributed by atoms with E-state index < -0.39 is 17.4 Å². The maximum absolute atomic E-state index is 13.8. The molecule has 1 heterocycles. The molecule has 0 bridgehead atoms. The van der Waals surface area contributed by atoms with Gasteiger partial charge in [0.05, 0.1) is 16.3 Å². The summed E-state index contributed by atoms with van der Waals surface area (Å²) in [4.78, 5) is 45.3. The van der Waals surface area contributed by atoms with Gasteiger partial charge in [-0.1, -0.05) is 30.9 Å². The molecular weight excluding hydrogens is 482 g/mol. The molecule has 2 aliphatic rings. The Bertz CT molecular complexity index is 976. The fourth-order valence-electron chi connectivity index (χ4n) is 5.25. The third kappa shape index (κ3) is 5.65. The molecule has 0 radical (unpaired) electrons. The number of rotatable bonds is 9. The van der Waals surface area contributed by atoms with Gasteiger partial charge in [0.15, 0.2) is 0 Å². The molecule has 8 nitrogen and oxygen atoms in total. The van der Waals surface area contributed by atoms with Gasteiger partial charge in [-0.25, -0.2) is 0 Å². The minimum atomic E-state index is -1.72. The number of carbonyl (C=O) groups excluding carboxylic acids is 3. The van der Waals surface area contributed by atoms with Gasteiger partial charge >= 0.3 is 0 Å². The molecule has 200 valence electrons. The summed E-state index contributed by atoms with van der Waals surface area (Å²) in [5.41, 5.74) is -0.921. The molecule has 1 aliphatic heterocycles. The van der Waals surface area contributed by atoms with Gasteiger partial charge in [-0.3, -0.25) is 14.4 Å². The molecule has 0 saturated heterocycles. The van der Waals surface area contributed by atoms with E-state index in [0.717, 1.165) is 32.1 Å². The van der Waals surface area contributed by atoms with Crippen molar-refractivity contribution in [3.8, 4) is 5.75 Å². The molecule has 3 amide bonds. The van der Waals surface area contributed by atoms with E-state index >= 15 is 0 Å². The van der Waals surface area contributed by atoms with Gasteiger partial charge < -0.3 is 24.2 Å². The van der Waals surface area contributed by atoms with Crippen molar-refractivity contribution in [2.45, 2.75) is 83.4 Å². The second kappa shape index (κ2) is 11.8. The first kappa shape index (κ1) is 28.3. The first-order chi connectivity index (χ1) is 17.0. The van der Waals surface area contributed by atoms with E-state index in [-0.39, 0.29) is 23.0 Å². The van der Waals surface area contributed by atoms with Crippen LogP contribution in [0, 0.1) is 0 Å². The first-order valence-corrected chi connectivity index (χ1v) is 13.3. The number of anilines is 1. The topological polar surface area (TPSA) is 79.4 Å². The van der Waals surface area contributed by atoms with E-state index in [1.54, 1.807) is 38.2 Å². The molecule has 1 aromatic rings. The summed E-state index contributed by atoms with van der Waals surface area (Å²) in [5, 5.41) is 0.244. The van der Waals surface area contributed by atoms with E-state index in [9.17, 15) is 14.4 Å². The van der Waals surface area contributed by atoms with Gasteiger partial charge in [-0.15, -0.1) is 0 Å². The minimum Gasteiger partial charge on any atom is -0.465 e. The Hall–Kier alpha value is -2.32. The van der Waals surface area contributed by atoms with Crippen LogP contribution in [0.15, 0.2) is 12.1 Å². The maximum atomic E-state index is 13.8. The number of benzene rings is 1. The minimum absolute atomic E-state index is 0.0109. The largest absolute Gasteiger partial charge is 0.465 e. The number of hydrogen-bond donors (Lipinski definition) is 0. The van der Waals surface area contributed by atoms with Crippen molar-refractivity contribution in [2.24, 2.45) is 0 Å². The van der Waals surface area contributed by atoms with Gasteiger partial charge in [0.2, 0.25) is 0 Å². The Morgan fingerprint density at radius 1 is 1.19 bits per heavy atom. The monoisotopic (exact) mass is 521 g/mol. The van der Waals surface area contributed by atoms with E-state index in [1.807, 2.05) is 18.7 Å². The van der Waals surface area contributed by atoms with Gasteiger partial charge in [0.25, 0.3) is 23.3 Å². The zero-order valence-corrected chi connectivity index (χ0v) is 23.2. The van der Waals surface area contributed by atoms with Crippen LogP contribution < -0.4 is 9.64 Å². The van der Waals surface area contributed by atoms with E-state index in [0.29, 0.717) is 36.6 Å². The van der Waals surface area contributed by atoms with Gasteiger partial charge in [-0.2, -0.15) is 0 Å². The molecule has 0 aromatic heterocycles. The summed E-state index contributed by atoms with van der Waals surface area (Å²) in [6.07, 6.45) is 6.77. The second-order valence-electron chi connectivity index (χ2n) is 10.4. The standard InChI is InChI=1S/C27H40ClN3O5/c1-18(2)31(19-12-8-7-9-13-19)24(32)20-16-22-23(17-21(20)28)36-27(3,25(33)29(4)5)26(34)30(22)14-10-11-15-35-6/h16-19H,7-15H2,1-6H3. The van der Waals surface area contributed by atoms with Crippen molar-refractivity contribution >= 4 is 35.0 Å². The smallest absolute Gasteiger partial charge is 0.280 e. The normalized spacial score (nSPS) is 20.2. The summed E-state index contributed by atoms with van der Waals surface area (Å²) in [5.74, 6) is -0.747. The van der Waals surface area contributed by atoms with Crippen LogP contribution in [-0.4, -0.2) is 79.6 Å². The first-order valence-electron chi connectivity index (χ1n) is 12.9. The van der Waals surface area contributed by atoms with Crippen molar-refractivity contribution in [1.82, 2.24) is 9.80 Å². The zero-order valence-electron chi connectivity index (χ0n) is 22.4. The Labute approximate surface area is 219 Å². The molecule has 1 aromatic carbocycles. The lowest BCUT2D eigenvalue weighted by molar-refractivity contribution is -0.154. The summed E-state index contributed by atoms with van der Waals surface area (Å²) in [7, 11) is 4.81. The van der Waals surface area contributed by atoms with Gasteiger partial charge in [0.1, 0.15) is 5.75 Å². The molecule has 1 aliphatic carbocycles. The highest BCUT2D eigenvalue weighted by Crippen LogP contribution is 2.42. The Balaban J connectivity index is 2.04. The quantitative estimate of drug-likeness (QED) is 0.352. The van der Waals surface area contributed by atoms with E-state index in [4.69, 9.17) is 21.1 Å². The highest BCUT2D eigenvalue weighted by Gasteiger charge is 2.51. The number of fused-ring (bicyclic) bond motifs is 1. The van der Waals surface area contributed by atoms with Crippen LogP contribution in [0.25, 0.3) is 0 Å². The molecule has 1 fully saturated rings. The fourth-order valence-corrected chi connectivity index (χ4v) is 5.49. The number of hydrogen-bond acceptors (Lipinski definition) is 5. The van der Waals surface area contributed by atoms with Crippen molar-refractivity contribution in [1.29, 1.82) is 0 Å². The number of ether oxygens (including phenoxy) is 2. The predicted octanol–water partition coefficient (Wildman–Crippen LogP) is 4.52. The van der Waals surface area contributed by atoms with Crippen LogP contribution in [0.3, 0.4) is 0 Å². The van der Waals surface area contributed by atoms with E-state index in [1.165, 1.54) is 18.2 Å². The molecule has 0 spiro atoms. The van der Waals surface area contributed by atoms with Crippen molar-refractivity contribution in [3.63, 3.8) is 0 Å². The highest BCUT2D eigenvalue weighted by molar-refractivity contribution is 6.34. The number of unbranched alkanes of at least 4 members (excludes halogenated alkanes) is 1. The predicted molar refractivity (Wildman–Crippen MR) is 141 cm³/mol. The molecule has 1 saturated carbocycles. The molecular formula is C27H40ClN3O5. The third-order valence-electron chi connectivity index (χ3n) is 7.09. The van der Waals surface area contributed by atoms with Crippen LogP contribution in [-0.2, 0) is 14.3 Å². The van der Waals surface area contributed by atoms with Crippen molar-refractivity contribution in [2.75, 3.05) is 39.3 Å². The lowest BCUT2D eigenvalue weighted by Gasteiger charge is -2.41. The van der Waals surface area contributed by atoms with Crippen LogP contribution in [0.4, 0.5) is 5.69 Å². The Morgan fingerprint density at radius 3 is 2.44 bits per heavy atom. The number of nitrogens with zero attached hydrogens (tertiary/aromatic N) is 3. The molecule has 9 heteroatoms. The average molecular weight is 522 g/mol. The van der Waals surface area contributed by atoms with Crippen LogP contribution in [0.1, 0.15) is 76.1 Å². The summed E-state index contributed by atoms with van der Waals surface area (Å²) < 4.78 is 11.2. The van der Waals surface area contributed by atoms with Crippen molar-refractivity contribution in [3.05, 3.63) is 22.7 Å². The molecule has 36 heavy (non-hydrogen) atoms. The summed E-state index contributed by atoms with van der Waals surface area (Å²) in [6, 6.07) is 3.41. The Morgan fingerprint density at radius 2 is 1.86 bits per heavy atom. The highest BCUT2D eigenvalue weighted by atomic mass is 35.5. The molecule has 1 unspecified atom stereocenters.